The molecule has 0 unspecified atom stereocenters. The van der Waals surface area contributed by atoms with Gasteiger partial charge >= 0.3 is 5.97 Å². The number of carbonyl (C=O) groups is 2. The van der Waals surface area contributed by atoms with Gasteiger partial charge in [0.15, 0.2) is 5.69 Å². The molecule has 0 saturated heterocycles. The number of benzene rings is 1. The molecule has 0 spiro atoms. The van der Waals surface area contributed by atoms with Gasteiger partial charge < -0.3 is 19.5 Å². The number of amides is 1. The zero-order valence-corrected chi connectivity index (χ0v) is 20.8. The van der Waals surface area contributed by atoms with Crippen molar-refractivity contribution in [3.8, 4) is 16.7 Å². The highest BCUT2D eigenvalue weighted by atomic mass is 35.5. The molecular formula is C24H25ClN4O5S. The smallest absolute Gasteiger partial charge is 0.358 e. The van der Waals surface area contributed by atoms with Crippen LogP contribution in [-0.4, -0.2) is 46.4 Å². The molecule has 0 bridgehead atoms. The number of ether oxygens (including phenoxy) is 3. The second kappa shape index (κ2) is 11.4. The Bertz CT molecular complexity index is 1220. The van der Waals surface area contributed by atoms with E-state index in [1.165, 1.54) is 42.0 Å². The van der Waals surface area contributed by atoms with Crippen LogP contribution in [0.2, 0.25) is 5.02 Å². The number of rotatable bonds is 11. The van der Waals surface area contributed by atoms with E-state index in [9.17, 15) is 9.59 Å². The number of hydrogen-bond acceptors (Lipinski definition) is 8. The molecule has 9 nitrogen and oxygen atoms in total. The second-order valence-corrected chi connectivity index (χ2v) is 9.51. The Kier molecular flexibility index (Phi) is 8.04. The van der Waals surface area contributed by atoms with Crippen LogP contribution >= 0.6 is 22.9 Å². The highest BCUT2D eigenvalue weighted by Crippen LogP contribution is 2.35. The van der Waals surface area contributed by atoms with E-state index in [4.69, 9.17) is 21.1 Å². The van der Waals surface area contributed by atoms with E-state index in [1.807, 2.05) is 25.1 Å². The molecule has 1 amide bonds. The summed E-state index contributed by atoms with van der Waals surface area (Å²) in [6.45, 7) is 2.55. The van der Waals surface area contributed by atoms with Crippen LogP contribution < -0.4 is 14.8 Å². The van der Waals surface area contributed by atoms with Gasteiger partial charge in [-0.05, 0) is 50.0 Å². The molecule has 3 aromatic rings. The normalized spacial score (nSPS) is 14.0. The highest BCUT2D eigenvalue weighted by molar-refractivity contribution is 7.14. The van der Waals surface area contributed by atoms with Crippen LogP contribution in [0.15, 0.2) is 42.7 Å². The Morgan fingerprint density at radius 1 is 1.34 bits per heavy atom. The quantitative estimate of drug-likeness (QED) is 0.372. The van der Waals surface area contributed by atoms with E-state index in [-0.39, 0.29) is 24.2 Å². The molecule has 2 aromatic heterocycles. The summed E-state index contributed by atoms with van der Waals surface area (Å²) in [6.07, 6.45) is 9.39. The fourth-order valence-electron chi connectivity index (χ4n) is 3.04. The maximum absolute atomic E-state index is 12.3. The lowest BCUT2D eigenvalue weighted by molar-refractivity contribution is -0.122. The van der Waals surface area contributed by atoms with Gasteiger partial charge in [-0.1, -0.05) is 29.0 Å². The predicted molar refractivity (Wildman–Crippen MR) is 132 cm³/mol. The molecule has 2 heterocycles. The zero-order valence-electron chi connectivity index (χ0n) is 19.3. The van der Waals surface area contributed by atoms with Crippen LogP contribution in [0.1, 0.15) is 35.1 Å². The molecule has 1 aliphatic rings. The highest BCUT2D eigenvalue weighted by Gasteiger charge is 2.22. The van der Waals surface area contributed by atoms with Crippen molar-refractivity contribution in [2.45, 2.75) is 32.4 Å². The van der Waals surface area contributed by atoms with Crippen LogP contribution in [0, 0.1) is 5.92 Å². The molecular weight excluding hydrogens is 492 g/mol. The van der Waals surface area contributed by atoms with Crippen molar-refractivity contribution in [1.29, 1.82) is 0 Å². The van der Waals surface area contributed by atoms with Gasteiger partial charge in [0.25, 0.3) is 5.19 Å². The molecule has 184 valence electrons. The number of esters is 1. The number of halogens is 1. The summed E-state index contributed by atoms with van der Waals surface area (Å²) < 4.78 is 17.5. The summed E-state index contributed by atoms with van der Waals surface area (Å²) in [5.41, 5.74) is 0.149. The lowest BCUT2D eigenvalue weighted by Crippen LogP contribution is -2.34. The summed E-state index contributed by atoms with van der Waals surface area (Å²) in [5, 5.41) is 7.78. The molecule has 4 rings (SSSR count). The maximum atomic E-state index is 12.3. The topological polar surface area (TPSA) is 105 Å². The van der Waals surface area contributed by atoms with Gasteiger partial charge in [-0.15, -0.1) is 0 Å². The average Bonchev–Trinajstić information content (AvgIpc) is 3.37. The third-order valence-corrected chi connectivity index (χ3v) is 6.20. The van der Waals surface area contributed by atoms with Gasteiger partial charge in [0.1, 0.15) is 18.0 Å². The molecule has 11 heteroatoms. The first-order chi connectivity index (χ1) is 16.9. The number of nitrogens with one attached hydrogen (secondary N) is 1. The van der Waals surface area contributed by atoms with E-state index < -0.39 is 5.97 Å². The first-order valence-corrected chi connectivity index (χ1v) is 12.2. The fraction of sp³-hybridized carbons (Fsp3) is 0.333. The Labute approximate surface area is 211 Å². The average molecular weight is 517 g/mol. The lowest BCUT2D eigenvalue weighted by Gasteiger charge is -2.09. The van der Waals surface area contributed by atoms with E-state index >= 15 is 0 Å². The van der Waals surface area contributed by atoms with Crippen molar-refractivity contribution in [2.24, 2.45) is 5.92 Å². The van der Waals surface area contributed by atoms with Crippen LogP contribution in [-0.2, 0) is 16.1 Å². The number of methoxy groups -OCH3 is 1. The van der Waals surface area contributed by atoms with Crippen LogP contribution in [0.3, 0.4) is 0 Å². The van der Waals surface area contributed by atoms with Crippen molar-refractivity contribution in [1.82, 2.24) is 20.1 Å². The predicted octanol–water partition coefficient (Wildman–Crippen LogP) is 4.58. The van der Waals surface area contributed by atoms with Crippen molar-refractivity contribution in [3.05, 3.63) is 58.3 Å². The monoisotopic (exact) mass is 516 g/mol. The molecule has 1 saturated carbocycles. The lowest BCUT2D eigenvalue weighted by atomic mass is 10.3. The first kappa shape index (κ1) is 24.7. The molecule has 35 heavy (non-hydrogen) atoms. The van der Waals surface area contributed by atoms with E-state index in [0.29, 0.717) is 21.9 Å². The third-order valence-electron chi connectivity index (χ3n) is 5.06. The van der Waals surface area contributed by atoms with E-state index in [1.54, 1.807) is 24.5 Å². The molecule has 1 aromatic carbocycles. The number of thiazole rings is 1. The van der Waals surface area contributed by atoms with Crippen molar-refractivity contribution < 1.29 is 23.8 Å². The Morgan fingerprint density at radius 3 is 2.91 bits per heavy atom. The SMILES string of the molecule is COC(=O)c1ccn(CC(=O)N[C@@H](C)C=Cc2cnc(Oc3ccc(OCC4CC4)cc3Cl)s2)n1. The summed E-state index contributed by atoms with van der Waals surface area (Å²) in [6, 6.07) is 6.62. The van der Waals surface area contributed by atoms with E-state index in [0.717, 1.165) is 17.2 Å². The summed E-state index contributed by atoms with van der Waals surface area (Å²) in [5.74, 6) is 1.11. The summed E-state index contributed by atoms with van der Waals surface area (Å²) in [4.78, 5) is 28.8. The zero-order chi connectivity index (χ0) is 24.8. The van der Waals surface area contributed by atoms with E-state index in [2.05, 4.69) is 20.1 Å². The molecule has 1 atom stereocenters. The number of carbonyl (C=O) groups excluding carboxylic acids is 2. The van der Waals surface area contributed by atoms with Gasteiger partial charge in [0, 0.05) is 24.5 Å². The molecule has 1 fully saturated rings. The van der Waals surface area contributed by atoms with Gasteiger partial charge in [-0.2, -0.15) is 5.10 Å². The largest absolute Gasteiger partial charge is 0.493 e. The summed E-state index contributed by atoms with van der Waals surface area (Å²) >= 11 is 7.69. The van der Waals surface area contributed by atoms with Crippen LogP contribution in [0.4, 0.5) is 0 Å². The number of aromatic nitrogens is 3. The van der Waals surface area contributed by atoms with Gasteiger partial charge in [-0.3, -0.25) is 9.48 Å². The van der Waals surface area contributed by atoms with Gasteiger partial charge in [-0.25, -0.2) is 9.78 Å². The minimum absolute atomic E-state index is 0.0150. The number of hydrogen-bond donors (Lipinski definition) is 1. The first-order valence-electron chi connectivity index (χ1n) is 11.0. The van der Waals surface area contributed by atoms with Crippen LogP contribution in [0.5, 0.6) is 16.7 Å². The molecule has 1 aliphatic carbocycles. The van der Waals surface area contributed by atoms with Crippen molar-refractivity contribution >= 4 is 40.9 Å². The van der Waals surface area contributed by atoms with Gasteiger partial charge in [0.2, 0.25) is 5.91 Å². The minimum atomic E-state index is -0.550. The van der Waals surface area contributed by atoms with Crippen molar-refractivity contribution in [2.75, 3.05) is 13.7 Å². The Morgan fingerprint density at radius 2 is 2.17 bits per heavy atom. The minimum Gasteiger partial charge on any atom is -0.493 e. The fourth-order valence-corrected chi connectivity index (χ4v) is 3.94. The molecule has 0 aliphatic heterocycles. The number of nitrogens with zero attached hydrogens (tertiary/aromatic N) is 3. The maximum Gasteiger partial charge on any atom is 0.358 e. The Hall–Kier alpha value is -3.37. The van der Waals surface area contributed by atoms with Crippen LogP contribution in [0.25, 0.3) is 6.08 Å². The molecule has 1 N–H and O–H groups in total. The molecule has 0 radical (unpaired) electrons. The summed E-state index contributed by atoms with van der Waals surface area (Å²) in [7, 11) is 1.28. The standard InChI is InChI=1S/C24H25ClN4O5S/c1-15(27-22(30)13-29-10-9-20(28-29)23(31)32-2)3-7-18-12-26-24(35-18)34-21-8-6-17(11-19(21)25)33-14-16-4-5-16/h3,6-12,15-16H,4-5,13-14H2,1-2H3,(H,27,30)/t15-/m0/s1. The van der Waals surface area contributed by atoms with Gasteiger partial charge in [0.05, 0.1) is 23.6 Å². The van der Waals surface area contributed by atoms with Crippen molar-refractivity contribution in [3.63, 3.8) is 0 Å². The third kappa shape index (κ3) is 7.30. The Balaban J connectivity index is 1.25. The second-order valence-electron chi connectivity index (χ2n) is 8.08.